The molecule has 0 aliphatic carbocycles. The van der Waals surface area contributed by atoms with Gasteiger partial charge in [0.05, 0.1) is 39.5 Å². The average Bonchev–Trinajstić information content (AvgIpc) is 2.55. The van der Waals surface area contributed by atoms with Crippen molar-refractivity contribution in [1.29, 1.82) is 0 Å². The summed E-state index contributed by atoms with van der Waals surface area (Å²) < 4.78 is 15.9. The minimum absolute atomic E-state index is 0.0188. The summed E-state index contributed by atoms with van der Waals surface area (Å²) in [4.78, 5) is 13.7. The van der Waals surface area contributed by atoms with E-state index in [0.717, 1.165) is 5.75 Å². The van der Waals surface area contributed by atoms with E-state index in [0.29, 0.717) is 38.5 Å². The fourth-order valence-electron chi connectivity index (χ4n) is 2.14. The number of nitrogens with zero attached hydrogens (tertiary/aromatic N) is 1. The Morgan fingerprint density at radius 1 is 1.38 bits per heavy atom. The molecule has 116 valence electrons. The lowest BCUT2D eigenvalue weighted by Gasteiger charge is -2.32. The molecule has 2 rings (SSSR count). The molecule has 1 aromatic carbocycles. The first-order valence-electron chi connectivity index (χ1n) is 7.00. The van der Waals surface area contributed by atoms with Crippen molar-refractivity contribution in [2.75, 3.05) is 40.0 Å². The summed E-state index contributed by atoms with van der Waals surface area (Å²) in [6.45, 7) is 1.74. The number of aliphatic hydroxyl groups excluding tert-OH is 1. The number of hydrogen-bond donors (Lipinski definition) is 1. The van der Waals surface area contributed by atoms with Gasteiger partial charge in [0.25, 0.3) is 0 Å². The van der Waals surface area contributed by atoms with Gasteiger partial charge in [-0.3, -0.25) is 4.79 Å². The smallest absolute Gasteiger partial charge is 0.226 e. The number of carbonyl (C=O) groups is 1. The molecular weight excluding hydrogens is 274 g/mol. The number of ether oxygens (including phenoxy) is 3. The van der Waals surface area contributed by atoms with Crippen LogP contribution in [0.5, 0.6) is 11.5 Å². The van der Waals surface area contributed by atoms with Crippen LogP contribution in [0.4, 0.5) is 0 Å². The van der Waals surface area contributed by atoms with Crippen LogP contribution >= 0.6 is 0 Å². The zero-order chi connectivity index (χ0) is 15.1. The van der Waals surface area contributed by atoms with Gasteiger partial charge in [0, 0.05) is 13.1 Å². The maximum atomic E-state index is 12.0. The van der Waals surface area contributed by atoms with Crippen LogP contribution in [0.3, 0.4) is 0 Å². The van der Waals surface area contributed by atoms with Gasteiger partial charge in [-0.15, -0.1) is 0 Å². The van der Waals surface area contributed by atoms with Gasteiger partial charge >= 0.3 is 0 Å². The van der Waals surface area contributed by atoms with Crippen molar-refractivity contribution in [2.45, 2.75) is 12.5 Å². The molecule has 6 nitrogen and oxygen atoms in total. The molecule has 0 saturated carbocycles. The Morgan fingerprint density at radius 3 is 2.76 bits per heavy atom. The van der Waals surface area contributed by atoms with E-state index in [2.05, 4.69) is 0 Å². The number of amides is 1. The van der Waals surface area contributed by atoms with Gasteiger partial charge in [0.1, 0.15) is 11.5 Å². The normalized spacial score (nSPS) is 18.4. The molecule has 1 saturated heterocycles. The van der Waals surface area contributed by atoms with Gasteiger partial charge < -0.3 is 24.2 Å². The highest BCUT2D eigenvalue weighted by molar-refractivity contribution is 5.76. The van der Waals surface area contributed by atoms with Crippen LogP contribution in [0.1, 0.15) is 6.42 Å². The van der Waals surface area contributed by atoms with E-state index in [4.69, 9.17) is 19.3 Å². The molecule has 1 unspecified atom stereocenters. The van der Waals surface area contributed by atoms with Gasteiger partial charge in [0.15, 0.2) is 0 Å². The Bertz CT molecular complexity index is 448. The molecule has 21 heavy (non-hydrogen) atoms. The summed E-state index contributed by atoms with van der Waals surface area (Å²) in [6.07, 6.45) is 0.0367. The molecule has 0 radical (unpaired) electrons. The van der Waals surface area contributed by atoms with E-state index < -0.39 is 0 Å². The lowest BCUT2D eigenvalue weighted by molar-refractivity contribution is -0.140. The van der Waals surface area contributed by atoms with Crippen molar-refractivity contribution in [2.24, 2.45) is 0 Å². The molecule has 0 spiro atoms. The highest BCUT2D eigenvalue weighted by Gasteiger charge is 2.23. The number of hydrogen-bond acceptors (Lipinski definition) is 5. The second-order valence-electron chi connectivity index (χ2n) is 4.79. The predicted molar refractivity (Wildman–Crippen MR) is 76.5 cm³/mol. The largest absolute Gasteiger partial charge is 0.497 e. The third-order valence-electron chi connectivity index (χ3n) is 3.34. The van der Waals surface area contributed by atoms with Crippen LogP contribution in [0, 0.1) is 0 Å². The Labute approximate surface area is 124 Å². The Balaban J connectivity index is 1.73. The Kier molecular flexibility index (Phi) is 5.83. The Morgan fingerprint density at radius 2 is 2.10 bits per heavy atom. The molecule has 1 aliphatic heterocycles. The molecule has 6 heteroatoms. The summed E-state index contributed by atoms with van der Waals surface area (Å²) in [7, 11) is 1.61. The number of carbonyl (C=O) groups excluding carboxylic acids is 1. The number of aliphatic hydroxyl groups is 1. The maximum absolute atomic E-state index is 12.0. The number of morpholine rings is 1. The first-order valence-corrected chi connectivity index (χ1v) is 7.00. The van der Waals surface area contributed by atoms with Gasteiger partial charge in [-0.2, -0.15) is 0 Å². The highest BCUT2D eigenvalue weighted by Crippen LogP contribution is 2.17. The average molecular weight is 295 g/mol. The van der Waals surface area contributed by atoms with Crippen molar-refractivity contribution < 1.29 is 24.1 Å². The number of methoxy groups -OCH3 is 1. The molecule has 1 heterocycles. The zero-order valence-electron chi connectivity index (χ0n) is 12.2. The second-order valence-corrected chi connectivity index (χ2v) is 4.79. The number of rotatable bonds is 6. The quantitative estimate of drug-likeness (QED) is 0.836. The molecule has 1 aliphatic rings. The van der Waals surface area contributed by atoms with Crippen molar-refractivity contribution in [3.05, 3.63) is 24.3 Å². The third kappa shape index (κ3) is 4.61. The van der Waals surface area contributed by atoms with Crippen molar-refractivity contribution >= 4 is 5.91 Å². The third-order valence-corrected chi connectivity index (χ3v) is 3.34. The first-order chi connectivity index (χ1) is 10.2. The molecular formula is C15H21NO5. The lowest BCUT2D eigenvalue weighted by Crippen LogP contribution is -2.47. The second kappa shape index (κ2) is 7.85. The Hall–Kier alpha value is -1.79. The van der Waals surface area contributed by atoms with E-state index in [-0.39, 0.29) is 18.6 Å². The van der Waals surface area contributed by atoms with Gasteiger partial charge in [-0.1, -0.05) is 0 Å². The van der Waals surface area contributed by atoms with Crippen LogP contribution in [0.25, 0.3) is 0 Å². The summed E-state index contributed by atoms with van der Waals surface area (Å²) in [5.74, 6) is 1.49. The topological polar surface area (TPSA) is 68.2 Å². The predicted octanol–water partition coefficient (Wildman–Crippen LogP) is 0.684. The molecule has 1 atom stereocenters. The molecule has 1 aromatic rings. The monoisotopic (exact) mass is 295 g/mol. The van der Waals surface area contributed by atoms with E-state index in [1.807, 2.05) is 12.1 Å². The van der Waals surface area contributed by atoms with Crippen LogP contribution < -0.4 is 9.47 Å². The van der Waals surface area contributed by atoms with Crippen LogP contribution in [0.15, 0.2) is 24.3 Å². The minimum atomic E-state index is -0.273. The van der Waals surface area contributed by atoms with E-state index >= 15 is 0 Å². The minimum Gasteiger partial charge on any atom is -0.497 e. The fourth-order valence-corrected chi connectivity index (χ4v) is 2.14. The molecule has 0 aromatic heterocycles. The van der Waals surface area contributed by atoms with Crippen molar-refractivity contribution in [1.82, 2.24) is 4.90 Å². The molecule has 1 amide bonds. The summed E-state index contributed by atoms with van der Waals surface area (Å²) in [5, 5.41) is 9.06. The zero-order valence-corrected chi connectivity index (χ0v) is 12.2. The van der Waals surface area contributed by atoms with Gasteiger partial charge in [0.2, 0.25) is 5.91 Å². The van der Waals surface area contributed by atoms with E-state index in [9.17, 15) is 4.79 Å². The molecule has 1 fully saturated rings. The van der Waals surface area contributed by atoms with Crippen molar-refractivity contribution in [3.8, 4) is 11.5 Å². The number of benzene rings is 1. The molecule has 0 bridgehead atoms. The van der Waals surface area contributed by atoms with Crippen molar-refractivity contribution in [3.63, 3.8) is 0 Å². The van der Waals surface area contributed by atoms with Gasteiger partial charge in [-0.25, -0.2) is 0 Å². The summed E-state index contributed by atoms with van der Waals surface area (Å²) >= 11 is 0. The van der Waals surface area contributed by atoms with Crippen LogP contribution in [-0.2, 0) is 9.53 Å². The summed E-state index contributed by atoms with van der Waals surface area (Å²) in [5.41, 5.74) is 0. The van der Waals surface area contributed by atoms with Crippen LogP contribution in [0.2, 0.25) is 0 Å². The van der Waals surface area contributed by atoms with E-state index in [1.165, 1.54) is 0 Å². The summed E-state index contributed by atoms with van der Waals surface area (Å²) in [6, 6.07) is 7.23. The maximum Gasteiger partial charge on any atom is 0.226 e. The van der Waals surface area contributed by atoms with Crippen LogP contribution in [-0.4, -0.2) is 62.0 Å². The SMILES string of the molecule is COc1ccc(OCCC(=O)N2CCOC(CO)C2)cc1. The highest BCUT2D eigenvalue weighted by atomic mass is 16.5. The fraction of sp³-hybridized carbons (Fsp3) is 0.533. The molecule has 1 N–H and O–H groups in total. The lowest BCUT2D eigenvalue weighted by atomic mass is 10.2. The van der Waals surface area contributed by atoms with E-state index in [1.54, 1.807) is 24.1 Å². The van der Waals surface area contributed by atoms with Gasteiger partial charge in [-0.05, 0) is 24.3 Å². The standard InChI is InChI=1S/C15H21NO5/c1-19-12-2-4-13(5-3-12)20-8-6-15(18)16-7-9-21-14(10-16)11-17/h2-5,14,17H,6-11H2,1H3. The first kappa shape index (κ1) is 15.6.